The Balaban J connectivity index is 0.00000729. The molecule has 0 atom stereocenters. The average Bonchev–Trinajstić information content (AvgIpc) is 2.51. The molecule has 1 amide bonds. The molecule has 0 aliphatic rings. The van der Waals surface area contributed by atoms with Crippen molar-refractivity contribution in [3.63, 3.8) is 0 Å². The third-order valence-electron chi connectivity index (χ3n) is 3.46. The number of carbonyl (C=O) groups excluding carboxylic acids is 1. The van der Waals surface area contributed by atoms with Gasteiger partial charge in [-0.1, -0.05) is 0 Å². The number of nitrogens with one attached hydrogen (secondary N) is 3. The van der Waals surface area contributed by atoms with E-state index in [2.05, 4.69) is 20.9 Å². The van der Waals surface area contributed by atoms with Crippen LogP contribution in [0.5, 0.6) is 0 Å². The molecule has 0 aliphatic heterocycles. The summed E-state index contributed by atoms with van der Waals surface area (Å²) in [5.74, 6) is -0.418. The minimum Gasteiger partial charge on any atom is -0.444 e. The number of ether oxygens (including phenoxy) is 1. The topological polar surface area (TPSA) is 74.8 Å². The summed E-state index contributed by atoms with van der Waals surface area (Å²) in [5, 5.41) is 8.92. The molecule has 0 unspecified atom stereocenters. The van der Waals surface area contributed by atoms with Crippen LogP contribution in [0, 0.1) is 11.6 Å². The van der Waals surface area contributed by atoms with E-state index in [1.54, 1.807) is 27.8 Å². The van der Waals surface area contributed by atoms with Gasteiger partial charge >= 0.3 is 6.09 Å². The summed E-state index contributed by atoms with van der Waals surface area (Å²) in [6, 6.07) is 3.39. The summed E-state index contributed by atoms with van der Waals surface area (Å²) in [6.45, 7) is 9.85. The summed E-state index contributed by atoms with van der Waals surface area (Å²) in [4.78, 5) is 16.0. The molecule has 3 N–H and O–H groups in total. The van der Waals surface area contributed by atoms with E-state index in [-0.39, 0.29) is 24.0 Å². The van der Waals surface area contributed by atoms with Gasteiger partial charge in [0.05, 0.1) is 5.54 Å². The Morgan fingerprint density at radius 2 is 1.79 bits per heavy atom. The smallest absolute Gasteiger partial charge is 0.408 e. The van der Waals surface area contributed by atoms with Gasteiger partial charge in [-0.2, -0.15) is 0 Å². The zero-order valence-corrected chi connectivity index (χ0v) is 19.6. The van der Waals surface area contributed by atoms with Crippen LogP contribution in [0.3, 0.4) is 0 Å². The molecule has 0 radical (unpaired) electrons. The molecule has 0 aliphatic carbocycles. The van der Waals surface area contributed by atoms with Crippen LogP contribution in [0.4, 0.5) is 13.6 Å². The molecule has 0 bridgehead atoms. The number of hydrogen-bond acceptors (Lipinski definition) is 3. The lowest BCUT2D eigenvalue weighted by atomic mass is 10.1. The van der Waals surface area contributed by atoms with Gasteiger partial charge in [0.1, 0.15) is 17.2 Å². The van der Waals surface area contributed by atoms with E-state index in [4.69, 9.17) is 4.74 Å². The number of carbonyl (C=O) groups is 1. The first-order chi connectivity index (χ1) is 12.4. The molecule has 1 aromatic rings. The van der Waals surface area contributed by atoms with Crippen LogP contribution in [0.15, 0.2) is 23.2 Å². The maximum atomic E-state index is 13.6. The Labute approximate surface area is 182 Å². The van der Waals surface area contributed by atoms with Crippen LogP contribution in [-0.2, 0) is 11.2 Å². The number of alkyl carbamates (subject to hydrolysis) is 1. The number of aliphatic imine (C=N–C) groups is 1. The van der Waals surface area contributed by atoms with E-state index in [0.717, 1.165) is 12.1 Å². The van der Waals surface area contributed by atoms with Crippen molar-refractivity contribution in [1.29, 1.82) is 0 Å². The third-order valence-corrected chi connectivity index (χ3v) is 3.46. The minimum absolute atomic E-state index is 0. The molecule has 0 saturated carbocycles. The fourth-order valence-electron chi connectivity index (χ4n) is 2.20. The van der Waals surface area contributed by atoms with Crippen molar-refractivity contribution >= 4 is 36.0 Å². The van der Waals surface area contributed by atoms with Crippen LogP contribution >= 0.6 is 24.0 Å². The van der Waals surface area contributed by atoms with Crippen molar-refractivity contribution in [3.8, 4) is 0 Å². The summed E-state index contributed by atoms with van der Waals surface area (Å²) in [7, 11) is 1.60. The van der Waals surface area contributed by atoms with Crippen LogP contribution in [0.25, 0.3) is 0 Å². The fourth-order valence-corrected chi connectivity index (χ4v) is 2.20. The molecule has 1 aromatic carbocycles. The first-order valence-electron chi connectivity index (χ1n) is 8.81. The maximum absolute atomic E-state index is 13.6. The summed E-state index contributed by atoms with van der Waals surface area (Å²) >= 11 is 0. The van der Waals surface area contributed by atoms with Crippen molar-refractivity contribution in [2.75, 3.05) is 20.1 Å². The number of rotatable bonds is 6. The zero-order valence-electron chi connectivity index (χ0n) is 17.3. The van der Waals surface area contributed by atoms with Gasteiger partial charge in [0.2, 0.25) is 0 Å². The fraction of sp³-hybridized carbons (Fsp3) is 0.579. The summed E-state index contributed by atoms with van der Waals surface area (Å²) in [5.41, 5.74) is -0.865. The Morgan fingerprint density at radius 3 is 2.36 bits per heavy atom. The number of guanidine groups is 1. The molecule has 9 heteroatoms. The Morgan fingerprint density at radius 1 is 1.14 bits per heavy atom. The Bertz CT molecular complexity index is 676. The molecule has 0 heterocycles. The number of nitrogens with zero attached hydrogens (tertiary/aromatic N) is 1. The van der Waals surface area contributed by atoms with E-state index >= 15 is 0 Å². The SMILES string of the molecule is CN=C(NCCc1cc(F)ccc1F)NCC(C)(C)NC(=O)OC(C)(C)C.I. The first-order valence-corrected chi connectivity index (χ1v) is 8.81. The standard InChI is InChI=1S/C19H30F2N4O2.HI/c1-18(2,3)27-17(26)25-19(4,5)12-24-16(22-6)23-10-9-13-11-14(20)7-8-15(13)21;/h7-8,11H,9-10,12H2,1-6H3,(H,25,26)(H2,22,23,24);1H. The molecule has 6 nitrogen and oxygen atoms in total. The van der Waals surface area contributed by atoms with Gasteiger partial charge in [0.25, 0.3) is 0 Å². The van der Waals surface area contributed by atoms with Crippen molar-refractivity contribution in [3.05, 3.63) is 35.4 Å². The largest absolute Gasteiger partial charge is 0.444 e. The van der Waals surface area contributed by atoms with Crippen molar-refractivity contribution < 1.29 is 18.3 Å². The lowest BCUT2D eigenvalue weighted by Gasteiger charge is -2.29. The van der Waals surface area contributed by atoms with Gasteiger partial charge < -0.3 is 20.7 Å². The monoisotopic (exact) mass is 512 g/mol. The predicted molar refractivity (Wildman–Crippen MR) is 118 cm³/mol. The number of benzene rings is 1. The molecule has 160 valence electrons. The molecule has 1 rings (SSSR count). The van der Waals surface area contributed by atoms with Crippen LogP contribution < -0.4 is 16.0 Å². The lowest BCUT2D eigenvalue weighted by molar-refractivity contribution is 0.0474. The third kappa shape index (κ3) is 10.6. The molecular formula is C19H31F2IN4O2. The van der Waals surface area contributed by atoms with E-state index in [1.165, 1.54) is 6.07 Å². The molecule has 0 aromatic heterocycles. The number of hydrogen-bond donors (Lipinski definition) is 3. The van der Waals surface area contributed by atoms with Crippen molar-refractivity contribution in [1.82, 2.24) is 16.0 Å². The molecule has 0 saturated heterocycles. The highest BCUT2D eigenvalue weighted by Crippen LogP contribution is 2.10. The van der Waals surface area contributed by atoms with Gasteiger partial charge in [0.15, 0.2) is 5.96 Å². The molecule has 0 spiro atoms. The normalized spacial score (nSPS) is 12.1. The zero-order chi connectivity index (χ0) is 20.7. The van der Waals surface area contributed by atoms with Gasteiger partial charge in [-0.05, 0) is 64.8 Å². The lowest BCUT2D eigenvalue weighted by Crippen LogP contribution is -2.54. The minimum atomic E-state index is -0.589. The van der Waals surface area contributed by atoms with Gasteiger partial charge in [-0.25, -0.2) is 13.6 Å². The van der Waals surface area contributed by atoms with E-state index < -0.39 is 28.9 Å². The van der Waals surface area contributed by atoms with Gasteiger partial charge in [-0.3, -0.25) is 4.99 Å². The first kappa shape index (κ1) is 26.4. The number of halogens is 3. The second-order valence-electron chi connectivity index (χ2n) is 7.85. The second-order valence-corrected chi connectivity index (χ2v) is 7.85. The predicted octanol–water partition coefficient (Wildman–Crippen LogP) is 3.59. The molecular weight excluding hydrogens is 481 g/mol. The van der Waals surface area contributed by atoms with Crippen molar-refractivity contribution in [2.45, 2.75) is 52.2 Å². The highest BCUT2D eigenvalue weighted by molar-refractivity contribution is 14.0. The van der Waals surface area contributed by atoms with Gasteiger partial charge in [-0.15, -0.1) is 24.0 Å². The van der Waals surface area contributed by atoms with Crippen LogP contribution in [0.1, 0.15) is 40.2 Å². The quantitative estimate of drug-likeness (QED) is 0.310. The molecule has 0 fully saturated rings. The Hall–Kier alpha value is -1.65. The number of amides is 1. The van der Waals surface area contributed by atoms with Crippen molar-refractivity contribution in [2.24, 2.45) is 4.99 Å². The van der Waals surface area contributed by atoms with Crippen LogP contribution in [-0.4, -0.2) is 43.3 Å². The Kier molecular flexibility index (Phi) is 10.7. The maximum Gasteiger partial charge on any atom is 0.408 e. The van der Waals surface area contributed by atoms with E-state index in [1.807, 2.05) is 13.8 Å². The van der Waals surface area contributed by atoms with Gasteiger partial charge in [0, 0.05) is 20.1 Å². The highest BCUT2D eigenvalue weighted by atomic mass is 127. The van der Waals surface area contributed by atoms with E-state index in [0.29, 0.717) is 31.0 Å². The average molecular weight is 512 g/mol. The van der Waals surface area contributed by atoms with Crippen LogP contribution in [0.2, 0.25) is 0 Å². The second kappa shape index (κ2) is 11.4. The molecule has 28 heavy (non-hydrogen) atoms. The highest BCUT2D eigenvalue weighted by Gasteiger charge is 2.24. The summed E-state index contributed by atoms with van der Waals surface area (Å²) in [6.07, 6.45) is -0.192. The van der Waals surface area contributed by atoms with E-state index in [9.17, 15) is 13.6 Å². The summed E-state index contributed by atoms with van der Waals surface area (Å²) < 4.78 is 32.1.